The van der Waals surface area contributed by atoms with Crippen molar-refractivity contribution in [3.05, 3.63) is 0 Å². The highest BCUT2D eigenvalue weighted by Crippen LogP contribution is 2.23. The van der Waals surface area contributed by atoms with Crippen molar-refractivity contribution in [1.29, 1.82) is 0 Å². The zero-order valence-electron chi connectivity index (χ0n) is 9.65. The van der Waals surface area contributed by atoms with Crippen molar-refractivity contribution in [2.24, 2.45) is 0 Å². The molecule has 0 bridgehead atoms. The van der Waals surface area contributed by atoms with Crippen molar-refractivity contribution in [3.63, 3.8) is 0 Å². The molecule has 4 heteroatoms. The lowest BCUT2D eigenvalue weighted by atomic mass is 9.95. The molecule has 1 saturated carbocycles. The van der Waals surface area contributed by atoms with Gasteiger partial charge >= 0.3 is 0 Å². The van der Waals surface area contributed by atoms with Crippen LogP contribution >= 0.6 is 0 Å². The summed E-state index contributed by atoms with van der Waals surface area (Å²) < 4.78 is 15.8. The van der Waals surface area contributed by atoms with Crippen molar-refractivity contribution in [3.8, 4) is 0 Å². The van der Waals surface area contributed by atoms with Crippen molar-refractivity contribution in [2.45, 2.75) is 44.0 Å². The Hall–Kier alpha value is -0.160. The Morgan fingerprint density at radius 3 is 2.60 bits per heavy atom. The minimum absolute atomic E-state index is 0.232. The van der Waals surface area contributed by atoms with Gasteiger partial charge in [0, 0.05) is 14.2 Å². The van der Waals surface area contributed by atoms with E-state index >= 15 is 0 Å². The molecule has 90 valence electrons. The highest BCUT2D eigenvalue weighted by atomic mass is 16.5. The van der Waals surface area contributed by atoms with E-state index in [0.717, 1.165) is 25.7 Å². The summed E-state index contributed by atoms with van der Waals surface area (Å²) in [7, 11) is 3.32. The van der Waals surface area contributed by atoms with E-state index in [1.54, 1.807) is 14.2 Å². The molecular formula is C11H22O4. The molecule has 1 fully saturated rings. The van der Waals surface area contributed by atoms with Gasteiger partial charge in [0.25, 0.3) is 0 Å². The van der Waals surface area contributed by atoms with Crippen LogP contribution in [0.15, 0.2) is 0 Å². The van der Waals surface area contributed by atoms with E-state index in [2.05, 4.69) is 0 Å². The molecule has 0 aromatic rings. The lowest BCUT2D eigenvalue weighted by Gasteiger charge is -2.28. The molecule has 0 aromatic carbocycles. The molecule has 0 amide bonds. The van der Waals surface area contributed by atoms with Crippen LogP contribution in [0.5, 0.6) is 0 Å². The van der Waals surface area contributed by atoms with Gasteiger partial charge in [0.2, 0.25) is 0 Å². The Balaban J connectivity index is 2.14. The monoisotopic (exact) mass is 218 g/mol. The fourth-order valence-corrected chi connectivity index (χ4v) is 1.96. The number of aliphatic hydroxyl groups excluding tert-OH is 1. The minimum Gasteiger partial charge on any atom is -0.388 e. The summed E-state index contributed by atoms with van der Waals surface area (Å²) in [6, 6.07) is 0. The topological polar surface area (TPSA) is 47.9 Å². The van der Waals surface area contributed by atoms with Gasteiger partial charge in [-0.25, -0.2) is 0 Å². The van der Waals surface area contributed by atoms with E-state index in [-0.39, 0.29) is 6.10 Å². The molecule has 0 aromatic heterocycles. The molecule has 3 atom stereocenters. The molecule has 15 heavy (non-hydrogen) atoms. The van der Waals surface area contributed by atoms with Crippen molar-refractivity contribution in [2.75, 3.05) is 27.4 Å². The molecule has 0 aliphatic heterocycles. The summed E-state index contributed by atoms with van der Waals surface area (Å²) in [5.41, 5.74) is 0. The van der Waals surface area contributed by atoms with Crippen molar-refractivity contribution >= 4 is 0 Å². The van der Waals surface area contributed by atoms with E-state index in [0.29, 0.717) is 19.3 Å². The van der Waals surface area contributed by atoms with E-state index in [4.69, 9.17) is 14.2 Å². The van der Waals surface area contributed by atoms with Crippen LogP contribution < -0.4 is 0 Å². The van der Waals surface area contributed by atoms with Crippen LogP contribution in [0.4, 0.5) is 0 Å². The van der Waals surface area contributed by atoms with Crippen LogP contribution in [0.25, 0.3) is 0 Å². The molecule has 1 rings (SSSR count). The van der Waals surface area contributed by atoms with Crippen LogP contribution in [-0.2, 0) is 14.2 Å². The number of hydrogen-bond acceptors (Lipinski definition) is 4. The van der Waals surface area contributed by atoms with Crippen LogP contribution in [-0.4, -0.2) is 50.9 Å². The number of methoxy groups -OCH3 is 2. The first kappa shape index (κ1) is 12.9. The van der Waals surface area contributed by atoms with Gasteiger partial charge in [-0.05, 0) is 25.7 Å². The third-order valence-corrected chi connectivity index (χ3v) is 2.79. The smallest absolute Gasteiger partial charge is 0.101 e. The summed E-state index contributed by atoms with van der Waals surface area (Å²) in [4.78, 5) is 0. The summed E-state index contributed by atoms with van der Waals surface area (Å²) >= 11 is 0. The SMILES string of the molecule is COCC(O)COC1CCCC(OC)C1. The largest absolute Gasteiger partial charge is 0.388 e. The zero-order chi connectivity index (χ0) is 11.1. The van der Waals surface area contributed by atoms with Gasteiger partial charge in [-0.2, -0.15) is 0 Å². The Kier molecular flexibility index (Phi) is 6.17. The second-order valence-corrected chi connectivity index (χ2v) is 4.09. The third-order valence-electron chi connectivity index (χ3n) is 2.79. The zero-order valence-corrected chi connectivity index (χ0v) is 9.65. The summed E-state index contributed by atoms with van der Waals surface area (Å²) in [5.74, 6) is 0. The molecule has 0 radical (unpaired) electrons. The van der Waals surface area contributed by atoms with E-state index in [1.807, 2.05) is 0 Å². The quantitative estimate of drug-likeness (QED) is 0.721. The minimum atomic E-state index is -0.516. The highest BCUT2D eigenvalue weighted by Gasteiger charge is 2.22. The average molecular weight is 218 g/mol. The molecule has 0 saturated heterocycles. The van der Waals surface area contributed by atoms with Gasteiger partial charge in [-0.3, -0.25) is 0 Å². The first-order valence-electron chi connectivity index (χ1n) is 5.57. The average Bonchev–Trinajstić information content (AvgIpc) is 2.27. The summed E-state index contributed by atoms with van der Waals surface area (Å²) in [6.45, 7) is 0.690. The normalized spacial score (nSPS) is 29.0. The van der Waals surface area contributed by atoms with Gasteiger partial charge in [-0.15, -0.1) is 0 Å². The fraction of sp³-hybridized carbons (Fsp3) is 1.00. The number of rotatable bonds is 6. The molecule has 0 spiro atoms. The number of aliphatic hydroxyl groups is 1. The Morgan fingerprint density at radius 1 is 1.20 bits per heavy atom. The molecule has 0 heterocycles. The summed E-state index contributed by atoms with van der Waals surface area (Å²) in [5, 5.41) is 9.42. The van der Waals surface area contributed by atoms with Crippen molar-refractivity contribution in [1.82, 2.24) is 0 Å². The van der Waals surface area contributed by atoms with Crippen LogP contribution in [0.3, 0.4) is 0 Å². The van der Waals surface area contributed by atoms with Gasteiger partial charge in [0.05, 0.1) is 25.4 Å². The van der Waals surface area contributed by atoms with Crippen LogP contribution in [0, 0.1) is 0 Å². The Bertz CT molecular complexity index is 163. The van der Waals surface area contributed by atoms with Gasteiger partial charge < -0.3 is 19.3 Å². The second kappa shape index (κ2) is 7.17. The maximum absolute atomic E-state index is 9.42. The molecule has 1 aliphatic carbocycles. The molecule has 1 N–H and O–H groups in total. The summed E-state index contributed by atoms with van der Waals surface area (Å²) in [6.07, 6.45) is 4.31. The fourth-order valence-electron chi connectivity index (χ4n) is 1.96. The van der Waals surface area contributed by atoms with Gasteiger partial charge in [-0.1, -0.05) is 0 Å². The maximum Gasteiger partial charge on any atom is 0.101 e. The predicted octanol–water partition coefficient (Wildman–Crippen LogP) is 0.968. The number of hydrogen-bond donors (Lipinski definition) is 1. The van der Waals surface area contributed by atoms with E-state index in [1.165, 1.54) is 0 Å². The maximum atomic E-state index is 9.42. The Morgan fingerprint density at radius 2 is 1.93 bits per heavy atom. The lowest BCUT2D eigenvalue weighted by Crippen LogP contribution is -2.31. The third kappa shape index (κ3) is 4.93. The van der Waals surface area contributed by atoms with Crippen molar-refractivity contribution < 1.29 is 19.3 Å². The Labute approximate surface area is 91.5 Å². The first-order chi connectivity index (χ1) is 7.26. The second-order valence-electron chi connectivity index (χ2n) is 4.09. The molecule has 3 unspecified atom stereocenters. The van der Waals surface area contributed by atoms with Gasteiger partial charge in [0.1, 0.15) is 6.10 Å². The standard InChI is InChI=1S/C11H22O4/c1-13-7-9(12)8-15-11-5-3-4-10(6-11)14-2/h9-12H,3-8H2,1-2H3. The highest BCUT2D eigenvalue weighted by molar-refractivity contribution is 4.73. The van der Waals surface area contributed by atoms with Gasteiger partial charge in [0.15, 0.2) is 0 Å². The van der Waals surface area contributed by atoms with Crippen LogP contribution in [0.1, 0.15) is 25.7 Å². The van der Waals surface area contributed by atoms with Crippen LogP contribution in [0.2, 0.25) is 0 Å². The lowest BCUT2D eigenvalue weighted by molar-refractivity contribution is -0.0688. The number of ether oxygens (including phenoxy) is 3. The first-order valence-corrected chi connectivity index (χ1v) is 5.57. The molecule has 1 aliphatic rings. The predicted molar refractivity (Wildman–Crippen MR) is 56.9 cm³/mol. The molecular weight excluding hydrogens is 196 g/mol. The van der Waals surface area contributed by atoms with E-state index < -0.39 is 6.10 Å². The molecule has 4 nitrogen and oxygen atoms in total. The van der Waals surface area contributed by atoms with E-state index in [9.17, 15) is 5.11 Å².